The first-order valence-electron chi connectivity index (χ1n) is 25.5. The highest BCUT2D eigenvalue weighted by Gasteiger charge is 2.33. The number of halogens is 2. The van der Waals surface area contributed by atoms with Crippen LogP contribution in [0.2, 0.25) is 0 Å². The van der Waals surface area contributed by atoms with Gasteiger partial charge in [0, 0.05) is 35.7 Å². The summed E-state index contributed by atoms with van der Waals surface area (Å²) < 4.78 is 169. The van der Waals surface area contributed by atoms with Crippen LogP contribution in [-0.2, 0) is 95.9 Å². The van der Waals surface area contributed by atoms with Gasteiger partial charge in [-0.3, -0.25) is 61.4 Å². The van der Waals surface area contributed by atoms with E-state index in [1.807, 2.05) is 0 Å². The molecule has 2 atom stereocenters. The van der Waals surface area contributed by atoms with Crippen molar-refractivity contribution in [3.05, 3.63) is 91.2 Å². The predicted octanol–water partition coefficient (Wildman–Crippen LogP) is 2.98. The fourth-order valence-corrected chi connectivity index (χ4v) is 12.1. The standard InChI is InChI=1S/2C23H25NO9S2.C2H2Cl2O3S.2C2H4O5S/c2*1-12(25)24-16-7-5-13-9-18(33-20(27)11-35(28,29)30)22(31-2)23(32-3)21(13)14-6-8-19(34-4)17(26)10-15(14)16;3-2(5)1-8(4,6)7;2*3-2(4)1-8(5,6)7/h2*6,8-10,16H,5,7,11H2,1-4H3,(H,24,25)(H,28,29,30);1H2;2*1H2,(H,3,4)(H,5,6,7)/t2*16-;;;/m00.../s1. The number of carbonyl (C=O) groups is 7. The highest BCUT2D eigenvalue weighted by Crippen LogP contribution is 2.52. The maximum atomic E-state index is 12.8. The van der Waals surface area contributed by atoms with Crippen LogP contribution in [-0.4, -0.2) is 181 Å². The fourth-order valence-electron chi connectivity index (χ4n) is 8.62. The Balaban J connectivity index is 0.000000475. The Labute approximate surface area is 554 Å². The number of hydrogen-bond donors (Lipinski definition) is 8. The summed E-state index contributed by atoms with van der Waals surface area (Å²) in [5.74, 6) is -11.5. The fraction of sp³-hybridized carbons (Fsp3) is 0.365. The number of thioether (sulfide) groups is 2. The Bertz CT molecular complexity index is 3980. The van der Waals surface area contributed by atoms with Crippen LogP contribution in [0.25, 0.3) is 22.3 Å². The molecule has 42 heteroatoms. The van der Waals surface area contributed by atoms with Crippen LogP contribution in [0, 0.1) is 0 Å². The molecule has 4 aromatic rings. The topological polar surface area (TPSA) is 525 Å². The Morgan fingerprint density at radius 2 is 0.819 bits per heavy atom. The van der Waals surface area contributed by atoms with E-state index in [0.717, 1.165) is 0 Å². The van der Waals surface area contributed by atoms with Gasteiger partial charge in [0.2, 0.25) is 37.6 Å². The van der Waals surface area contributed by atoms with Gasteiger partial charge >= 0.3 is 23.9 Å². The molecule has 33 nitrogen and oxygen atoms in total. The van der Waals surface area contributed by atoms with Gasteiger partial charge in [-0.05, 0) is 120 Å². The summed E-state index contributed by atoms with van der Waals surface area (Å²) in [7, 11) is -11.5. The molecule has 6 rings (SSSR count). The van der Waals surface area contributed by atoms with E-state index in [2.05, 4.69) is 32.9 Å². The number of nitrogens with one attached hydrogen (secondary N) is 2. The summed E-state index contributed by atoms with van der Waals surface area (Å²) >= 11 is 7.26. The number of amides is 2. The number of esters is 2. The zero-order valence-corrected chi connectivity index (χ0v) is 57.4. The van der Waals surface area contributed by atoms with Crippen molar-refractivity contribution in [2.75, 3.05) is 69.7 Å². The molecule has 4 aromatic carbocycles. The zero-order valence-electron chi connectivity index (χ0n) is 50.1. The second-order valence-corrected chi connectivity index (χ2v) is 29.5. The van der Waals surface area contributed by atoms with Gasteiger partial charge in [-0.25, -0.2) is 8.42 Å². The predicted molar refractivity (Wildman–Crippen MR) is 339 cm³/mol. The highest BCUT2D eigenvalue weighted by atomic mass is 35.7. The number of ether oxygens (including phenoxy) is 6. The number of benzene rings is 2. The number of carbonyl (C=O) groups excluding carboxylic acids is 5. The molecule has 0 unspecified atom stereocenters. The van der Waals surface area contributed by atoms with E-state index in [0.29, 0.717) is 80.0 Å². The Hall–Kier alpha value is -7.22. The van der Waals surface area contributed by atoms with Crippen molar-refractivity contribution >= 4 is 136 Å². The van der Waals surface area contributed by atoms with E-state index in [-0.39, 0.29) is 57.2 Å². The van der Waals surface area contributed by atoms with Gasteiger partial charge in [-0.15, -0.1) is 23.5 Å². The molecule has 0 radical (unpaired) electrons. The smallest absolute Gasteiger partial charge is 0.329 e. The maximum Gasteiger partial charge on any atom is 0.329 e. The van der Waals surface area contributed by atoms with Gasteiger partial charge in [0.05, 0.1) is 50.3 Å². The van der Waals surface area contributed by atoms with Crippen molar-refractivity contribution in [1.29, 1.82) is 0 Å². The second-order valence-electron chi connectivity index (χ2n) is 18.8. The SMILES string of the molecule is COc1c(OC(=O)CS(=O)(=O)O)cc2c(c1OC)-c1ccc(SC)c(=O)cc1[C@@H](NC(C)=O)CC2.COc1c(OC(=O)CS(=O)(=O)O)cc2c(c1OC)-c1ccc(SC)c(=O)cc1[C@@H](NC(C)=O)CC2.O=C(Cl)CS(=O)(=O)Cl.O=C(O)CS(=O)(=O)O.O=C(O)CS(=O)(=O)O. The summed E-state index contributed by atoms with van der Waals surface area (Å²) in [6.45, 7) is 2.78. The number of hydrogen-bond acceptors (Lipinski definition) is 27. The number of rotatable bonds is 20. The first-order valence-corrected chi connectivity index (χ1v) is 37.3. The molecule has 0 saturated carbocycles. The number of aliphatic carboxylic acids is 2. The molecule has 520 valence electrons. The molecule has 2 amide bonds. The van der Waals surface area contributed by atoms with Gasteiger partial charge in [0.15, 0.2) is 56.9 Å². The molecular formula is C52H60Cl2N2O31S7. The molecule has 0 aromatic heterocycles. The molecule has 0 saturated heterocycles. The lowest BCUT2D eigenvalue weighted by Crippen LogP contribution is -2.26. The van der Waals surface area contributed by atoms with Crippen LogP contribution in [0.5, 0.6) is 34.5 Å². The van der Waals surface area contributed by atoms with Crippen LogP contribution < -0.4 is 49.9 Å². The minimum Gasteiger partial charge on any atom is -0.492 e. The van der Waals surface area contributed by atoms with Crippen LogP contribution >= 0.6 is 45.8 Å². The highest BCUT2D eigenvalue weighted by molar-refractivity contribution is 8.14. The molecule has 0 fully saturated rings. The number of carboxylic acid groups (broad SMARTS) is 2. The Morgan fingerprint density at radius 3 is 1.03 bits per heavy atom. The van der Waals surface area contributed by atoms with E-state index >= 15 is 0 Å². The van der Waals surface area contributed by atoms with E-state index < -0.39 is 119 Å². The molecule has 94 heavy (non-hydrogen) atoms. The maximum absolute atomic E-state index is 12.8. The van der Waals surface area contributed by atoms with Gasteiger partial charge in [0.1, 0.15) is 5.75 Å². The Morgan fingerprint density at radius 1 is 0.511 bits per heavy atom. The summed E-state index contributed by atoms with van der Waals surface area (Å²) in [4.78, 5) is 104. The first-order chi connectivity index (χ1) is 43.2. The van der Waals surface area contributed by atoms with Crippen LogP contribution in [0.1, 0.15) is 61.0 Å². The normalized spacial score (nSPS) is 13.8. The van der Waals surface area contributed by atoms with Crippen molar-refractivity contribution in [2.45, 2.75) is 61.4 Å². The van der Waals surface area contributed by atoms with Crippen molar-refractivity contribution in [3.8, 4) is 56.8 Å². The molecule has 2 aliphatic rings. The summed E-state index contributed by atoms with van der Waals surface area (Å²) in [6, 6.07) is 12.0. The van der Waals surface area contributed by atoms with Gasteiger partial charge in [-0.1, -0.05) is 12.1 Å². The third kappa shape index (κ3) is 28.0. The molecule has 0 aliphatic heterocycles. The lowest BCUT2D eigenvalue weighted by Gasteiger charge is -2.20. The number of fused-ring (bicyclic) bond motifs is 6. The van der Waals surface area contributed by atoms with E-state index in [9.17, 15) is 85.2 Å². The molecular weight excluding hydrogens is 1440 g/mol. The molecule has 0 bridgehead atoms. The lowest BCUT2D eigenvalue weighted by molar-refractivity contribution is -0.135. The van der Waals surface area contributed by atoms with Crippen molar-refractivity contribution in [2.24, 2.45) is 0 Å². The van der Waals surface area contributed by atoms with E-state index in [1.165, 1.54) is 90.1 Å². The van der Waals surface area contributed by atoms with Gasteiger partial charge < -0.3 is 49.3 Å². The lowest BCUT2D eigenvalue weighted by atomic mass is 9.95. The van der Waals surface area contributed by atoms with Crippen LogP contribution in [0.3, 0.4) is 0 Å². The molecule has 8 N–H and O–H groups in total. The Kier molecular flexibility index (Phi) is 31.8. The van der Waals surface area contributed by atoms with Crippen molar-refractivity contribution < 1.29 is 132 Å². The average Bonchev–Trinajstić information content (AvgIpc) is 1.49. The van der Waals surface area contributed by atoms with Gasteiger partial charge in [-0.2, -0.15) is 33.7 Å². The summed E-state index contributed by atoms with van der Waals surface area (Å²) in [5.41, 5.74) is 4.56. The van der Waals surface area contributed by atoms with E-state index in [1.54, 1.807) is 36.8 Å². The summed E-state index contributed by atoms with van der Waals surface area (Å²) in [5, 5.41) is 20.2. The number of methoxy groups -OCH3 is 4. The van der Waals surface area contributed by atoms with E-state index in [4.69, 9.17) is 56.8 Å². The van der Waals surface area contributed by atoms with Crippen LogP contribution in [0.4, 0.5) is 0 Å². The molecule has 2 aliphatic carbocycles. The second kappa shape index (κ2) is 36.0. The molecule has 0 spiro atoms. The minimum absolute atomic E-state index is 0.0257. The number of aryl methyl sites for hydroxylation is 2. The average molecular weight is 1500 g/mol. The van der Waals surface area contributed by atoms with Crippen LogP contribution in [0.15, 0.2) is 67.9 Å². The minimum atomic E-state index is -4.60. The van der Waals surface area contributed by atoms with Gasteiger partial charge in [0.25, 0.3) is 40.5 Å². The third-order valence-corrected chi connectivity index (χ3v) is 16.9. The first kappa shape index (κ1) is 82.9. The van der Waals surface area contributed by atoms with Crippen molar-refractivity contribution in [3.63, 3.8) is 0 Å². The number of carboxylic acids is 2. The monoisotopic (exact) mass is 1500 g/mol. The summed E-state index contributed by atoms with van der Waals surface area (Å²) in [6.07, 6.45) is 5.21. The quantitative estimate of drug-likeness (QED) is 0.0207. The third-order valence-electron chi connectivity index (χ3n) is 11.7. The molecule has 0 heterocycles. The van der Waals surface area contributed by atoms with Crippen molar-refractivity contribution in [1.82, 2.24) is 10.6 Å². The zero-order chi connectivity index (χ0) is 72.2. The largest absolute Gasteiger partial charge is 0.492 e.